The number of hydrogen-bond donors (Lipinski definition) is 1. The van der Waals surface area contributed by atoms with E-state index in [1.54, 1.807) is 6.92 Å². The molecule has 1 fully saturated rings. The molecule has 0 aromatic carbocycles. The first-order chi connectivity index (χ1) is 6.58. The minimum Gasteiger partial charge on any atom is -0.462 e. The number of ether oxygens (including phenoxy) is 1. The van der Waals surface area contributed by atoms with Gasteiger partial charge in [-0.1, -0.05) is 0 Å². The molecular formula is C10H16O4. The van der Waals surface area contributed by atoms with Gasteiger partial charge in [0.05, 0.1) is 6.10 Å². The van der Waals surface area contributed by atoms with Crippen molar-refractivity contribution in [1.29, 1.82) is 0 Å². The standard InChI is InChI=1S/C10H16O4/c1-7-5-8(11)3-2-4-9(12)6-10(13)14-7/h7-8,11H,2-6H2,1H3/t7-,8-/m1/s1. The predicted molar refractivity (Wildman–Crippen MR) is 49.7 cm³/mol. The topological polar surface area (TPSA) is 63.6 Å². The summed E-state index contributed by atoms with van der Waals surface area (Å²) in [6.07, 6.45) is 1.18. The third kappa shape index (κ3) is 3.87. The molecule has 0 unspecified atom stereocenters. The fourth-order valence-electron chi connectivity index (χ4n) is 1.60. The van der Waals surface area contributed by atoms with Gasteiger partial charge in [0.25, 0.3) is 0 Å². The molecule has 80 valence electrons. The number of Topliss-reactive ketones (excluding diaryl/α,β-unsaturated/α-hetero) is 1. The zero-order valence-electron chi connectivity index (χ0n) is 8.36. The van der Waals surface area contributed by atoms with Crippen molar-refractivity contribution in [2.75, 3.05) is 0 Å². The number of aliphatic hydroxyl groups is 1. The molecule has 0 radical (unpaired) electrons. The first-order valence-corrected chi connectivity index (χ1v) is 4.97. The SMILES string of the molecule is C[C@@H]1C[C@H](O)CCCC(=O)CC(=O)O1. The lowest BCUT2D eigenvalue weighted by atomic mass is 10.0. The second kappa shape index (κ2) is 5.10. The molecule has 4 nitrogen and oxygen atoms in total. The van der Waals surface area contributed by atoms with Crippen LogP contribution in [0.15, 0.2) is 0 Å². The summed E-state index contributed by atoms with van der Waals surface area (Å²) in [5, 5.41) is 9.47. The molecule has 0 bridgehead atoms. The first-order valence-electron chi connectivity index (χ1n) is 4.97. The van der Waals surface area contributed by atoms with E-state index in [1.165, 1.54) is 0 Å². The Hall–Kier alpha value is -0.900. The summed E-state index contributed by atoms with van der Waals surface area (Å²) in [6.45, 7) is 1.73. The lowest BCUT2D eigenvalue weighted by molar-refractivity contribution is -0.151. The third-order valence-corrected chi connectivity index (χ3v) is 2.27. The van der Waals surface area contributed by atoms with Crippen LogP contribution in [0.1, 0.15) is 39.0 Å². The summed E-state index contributed by atoms with van der Waals surface area (Å²) in [7, 11) is 0. The summed E-state index contributed by atoms with van der Waals surface area (Å²) in [5.74, 6) is -0.576. The molecule has 14 heavy (non-hydrogen) atoms. The maximum absolute atomic E-state index is 11.1. The summed E-state index contributed by atoms with van der Waals surface area (Å²) in [4.78, 5) is 22.2. The zero-order chi connectivity index (χ0) is 10.6. The normalized spacial score (nSPS) is 31.0. The molecule has 1 rings (SSSR count). The Labute approximate surface area is 83.2 Å². The highest BCUT2D eigenvalue weighted by molar-refractivity contribution is 5.95. The van der Waals surface area contributed by atoms with Gasteiger partial charge in [-0.25, -0.2) is 0 Å². The monoisotopic (exact) mass is 200 g/mol. The minimum atomic E-state index is -0.475. The first kappa shape index (κ1) is 11.2. The quantitative estimate of drug-likeness (QED) is 0.464. The van der Waals surface area contributed by atoms with Crippen LogP contribution in [0.25, 0.3) is 0 Å². The van der Waals surface area contributed by atoms with Gasteiger partial charge < -0.3 is 9.84 Å². The van der Waals surface area contributed by atoms with Crippen molar-refractivity contribution in [1.82, 2.24) is 0 Å². The van der Waals surface area contributed by atoms with Crippen LogP contribution in [0.3, 0.4) is 0 Å². The van der Waals surface area contributed by atoms with Crippen molar-refractivity contribution in [3.63, 3.8) is 0 Å². The maximum atomic E-state index is 11.1. The number of rotatable bonds is 0. The van der Waals surface area contributed by atoms with E-state index in [4.69, 9.17) is 4.74 Å². The Morgan fingerprint density at radius 3 is 2.86 bits per heavy atom. The van der Waals surface area contributed by atoms with E-state index in [9.17, 15) is 14.7 Å². The largest absolute Gasteiger partial charge is 0.462 e. The Morgan fingerprint density at radius 2 is 2.14 bits per heavy atom. The van der Waals surface area contributed by atoms with Gasteiger partial charge in [-0.15, -0.1) is 0 Å². The Kier molecular flexibility index (Phi) is 4.07. The molecule has 4 heteroatoms. The number of carbonyl (C=O) groups excluding carboxylic acids is 2. The highest BCUT2D eigenvalue weighted by Gasteiger charge is 2.19. The van der Waals surface area contributed by atoms with Crippen molar-refractivity contribution in [3.05, 3.63) is 0 Å². The van der Waals surface area contributed by atoms with Crippen molar-refractivity contribution < 1.29 is 19.4 Å². The molecule has 0 aliphatic carbocycles. The number of cyclic esters (lactones) is 1. The van der Waals surface area contributed by atoms with E-state index in [-0.39, 0.29) is 18.3 Å². The smallest absolute Gasteiger partial charge is 0.313 e. The minimum absolute atomic E-state index is 0.101. The molecule has 0 saturated carbocycles. The van der Waals surface area contributed by atoms with Crippen LogP contribution in [0.4, 0.5) is 0 Å². The predicted octanol–water partition coefficient (Wildman–Crippen LogP) is 0.812. The van der Waals surface area contributed by atoms with E-state index in [0.717, 1.165) is 0 Å². The summed E-state index contributed by atoms with van der Waals surface area (Å²) >= 11 is 0. The fourth-order valence-corrected chi connectivity index (χ4v) is 1.60. The Bertz CT molecular complexity index is 224. The molecule has 1 N–H and O–H groups in total. The van der Waals surface area contributed by atoms with Crippen LogP contribution in [-0.4, -0.2) is 29.1 Å². The van der Waals surface area contributed by atoms with E-state index in [2.05, 4.69) is 0 Å². The van der Waals surface area contributed by atoms with Crippen LogP contribution in [0.2, 0.25) is 0 Å². The molecule has 0 aromatic rings. The molecular weight excluding hydrogens is 184 g/mol. The molecule has 1 aliphatic rings. The molecule has 0 spiro atoms. The maximum Gasteiger partial charge on any atom is 0.313 e. The van der Waals surface area contributed by atoms with Gasteiger partial charge in [-0.3, -0.25) is 9.59 Å². The van der Waals surface area contributed by atoms with Crippen LogP contribution >= 0.6 is 0 Å². The van der Waals surface area contributed by atoms with Crippen LogP contribution in [0.5, 0.6) is 0 Å². The Morgan fingerprint density at radius 1 is 1.43 bits per heavy atom. The van der Waals surface area contributed by atoms with E-state index >= 15 is 0 Å². The van der Waals surface area contributed by atoms with Crippen molar-refractivity contribution in [2.45, 2.75) is 51.2 Å². The fraction of sp³-hybridized carbons (Fsp3) is 0.800. The molecule has 0 amide bonds. The molecule has 0 aromatic heterocycles. The molecule has 1 saturated heterocycles. The average Bonchev–Trinajstić information content (AvgIpc) is 2.01. The van der Waals surface area contributed by atoms with Gasteiger partial charge in [0.1, 0.15) is 18.3 Å². The summed E-state index contributed by atoms with van der Waals surface area (Å²) < 4.78 is 4.95. The van der Waals surface area contributed by atoms with Crippen molar-refractivity contribution in [2.24, 2.45) is 0 Å². The molecule has 1 heterocycles. The lowest BCUT2D eigenvalue weighted by Crippen LogP contribution is -2.24. The second-order valence-electron chi connectivity index (χ2n) is 3.80. The van der Waals surface area contributed by atoms with Gasteiger partial charge in [-0.05, 0) is 19.8 Å². The highest BCUT2D eigenvalue weighted by Crippen LogP contribution is 2.13. The summed E-state index contributed by atoms with van der Waals surface area (Å²) in [5.41, 5.74) is 0. The van der Waals surface area contributed by atoms with Crippen LogP contribution < -0.4 is 0 Å². The number of ketones is 1. The highest BCUT2D eigenvalue weighted by atomic mass is 16.5. The summed E-state index contributed by atoms with van der Waals surface area (Å²) in [6, 6.07) is 0. The van der Waals surface area contributed by atoms with Gasteiger partial charge in [0, 0.05) is 12.8 Å². The van der Waals surface area contributed by atoms with Crippen molar-refractivity contribution in [3.8, 4) is 0 Å². The molecule has 2 atom stereocenters. The Balaban J connectivity index is 2.53. The van der Waals surface area contributed by atoms with Gasteiger partial charge >= 0.3 is 5.97 Å². The van der Waals surface area contributed by atoms with Crippen LogP contribution in [-0.2, 0) is 14.3 Å². The zero-order valence-corrected chi connectivity index (χ0v) is 8.36. The van der Waals surface area contributed by atoms with E-state index in [1.807, 2.05) is 0 Å². The van der Waals surface area contributed by atoms with E-state index in [0.29, 0.717) is 25.7 Å². The molecule has 1 aliphatic heterocycles. The third-order valence-electron chi connectivity index (χ3n) is 2.27. The van der Waals surface area contributed by atoms with Gasteiger partial charge in [0.15, 0.2) is 0 Å². The number of esters is 1. The van der Waals surface area contributed by atoms with Crippen molar-refractivity contribution >= 4 is 11.8 Å². The number of hydrogen-bond acceptors (Lipinski definition) is 4. The van der Waals surface area contributed by atoms with Gasteiger partial charge in [-0.2, -0.15) is 0 Å². The van der Waals surface area contributed by atoms with Gasteiger partial charge in [0.2, 0.25) is 0 Å². The second-order valence-corrected chi connectivity index (χ2v) is 3.80. The average molecular weight is 200 g/mol. The van der Waals surface area contributed by atoms with E-state index < -0.39 is 12.1 Å². The van der Waals surface area contributed by atoms with Crippen LogP contribution in [0, 0.1) is 0 Å². The number of carbonyl (C=O) groups is 2. The lowest BCUT2D eigenvalue weighted by Gasteiger charge is -2.18. The number of aliphatic hydroxyl groups excluding tert-OH is 1.